The van der Waals surface area contributed by atoms with Gasteiger partial charge in [0.1, 0.15) is 22.8 Å². The zero-order chi connectivity index (χ0) is 24.8. The Bertz CT molecular complexity index is 1600. The first-order valence-electron chi connectivity index (χ1n) is 11.3. The first-order chi connectivity index (χ1) is 17.6. The molecule has 5 aromatic rings. The van der Waals surface area contributed by atoms with Gasteiger partial charge in [0.05, 0.1) is 31.9 Å². The van der Waals surface area contributed by atoms with Gasteiger partial charge in [-0.05, 0) is 36.4 Å². The number of carbonyl (C=O) groups excluding carboxylic acids is 2. The van der Waals surface area contributed by atoms with Gasteiger partial charge in [-0.15, -0.1) is 0 Å². The van der Waals surface area contributed by atoms with Gasteiger partial charge < -0.3 is 19.4 Å². The molecule has 0 unspecified atom stereocenters. The number of fused-ring (bicyclic) bond motifs is 2. The van der Waals surface area contributed by atoms with Gasteiger partial charge in [-0.3, -0.25) is 14.5 Å². The second-order valence-electron chi connectivity index (χ2n) is 8.33. The minimum Gasteiger partial charge on any atom is -0.497 e. The van der Waals surface area contributed by atoms with Crippen LogP contribution in [0.2, 0.25) is 0 Å². The molecule has 0 saturated carbocycles. The highest BCUT2D eigenvalue weighted by molar-refractivity contribution is 6.50. The van der Waals surface area contributed by atoms with Gasteiger partial charge in [0.25, 0.3) is 11.8 Å². The number of aromatic nitrogens is 4. The van der Waals surface area contributed by atoms with E-state index in [1.165, 1.54) is 4.90 Å². The van der Waals surface area contributed by atoms with Crippen molar-refractivity contribution in [2.24, 2.45) is 0 Å². The molecule has 1 aromatic carbocycles. The van der Waals surface area contributed by atoms with Crippen molar-refractivity contribution in [2.45, 2.75) is 6.54 Å². The summed E-state index contributed by atoms with van der Waals surface area (Å²) in [5.41, 5.74) is 3.82. The number of rotatable bonds is 6. The molecule has 9 nitrogen and oxygen atoms in total. The monoisotopic (exact) mass is 479 g/mol. The number of amides is 2. The van der Waals surface area contributed by atoms with Crippen LogP contribution in [0, 0.1) is 0 Å². The smallest absolute Gasteiger partial charge is 0.262 e. The maximum absolute atomic E-state index is 13.9. The molecule has 9 heteroatoms. The number of benzene rings is 1. The topological polar surface area (TPSA) is 113 Å². The number of H-pyrrole nitrogens is 2. The number of nitrogens with one attached hydrogen (secondary N) is 2. The predicted molar refractivity (Wildman–Crippen MR) is 134 cm³/mol. The number of hydrogen-bond acceptors (Lipinski definition) is 6. The van der Waals surface area contributed by atoms with Gasteiger partial charge in [-0.1, -0.05) is 0 Å². The summed E-state index contributed by atoms with van der Waals surface area (Å²) in [7, 11) is 3.11. The average molecular weight is 479 g/mol. The van der Waals surface area contributed by atoms with Crippen LogP contribution in [-0.2, 0) is 16.1 Å². The Labute approximate surface area is 205 Å². The minimum atomic E-state index is -0.393. The van der Waals surface area contributed by atoms with E-state index in [9.17, 15) is 9.59 Å². The fourth-order valence-corrected chi connectivity index (χ4v) is 4.70. The molecule has 0 atom stereocenters. The molecule has 2 amide bonds. The van der Waals surface area contributed by atoms with Crippen molar-refractivity contribution in [1.29, 1.82) is 0 Å². The van der Waals surface area contributed by atoms with Gasteiger partial charge in [0, 0.05) is 58.3 Å². The number of pyridine rings is 2. The Balaban J connectivity index is 1.52. The lowest BCUT2D eigenvalue weighted by molar-refractivity contribution is -0.136. The van der Waals surface area contributed by atoms with Crippen molar-refractivity contribution in [3.8, 4) is 11.5 Å². The van der Waals surface area contributed by atoms with E-state index in [-0.39, 0.29) is 6.54 Å². The molecule has 178 valence electrons. The van der Waals surface area contributed by atoms with Crippen molar-refractivity contribution in [3.63, 3.8) is 0 Å². The number of carbonyl (C=O) groups is 2. The number of ether oxygens (including phenoxy) is 2. The molecule has 5 heterocycles. The molecule has 2 N–H and O–H groups in total. The summed E-state index contributed by atoms with van der Waals surface area (Å²) in [4.78, 5) is 44.1. The van der Waals surface area contributed by atoms with E-state index in [2.05, 4.69) is 19.9 Å². The zero-order valence-corrected chi connectivity index (χ0v) is 19.5. The van der Waals surface area contributed by atoms with Crippen LogP contribution in [0.3, 0.4) is 0 Å². The Morgan fingerprint density at radius 3 is 1.92 bits per heavy atom. The number of hydrogen-bond donors (Lipinski definition) is 2. The van der Waals surface area contributed by atoms with Crippen molar-refractivity contribution >= 4 is 45.0 Å². The van der Waals surface area contributed by atoms with Crippen LogP contribution in [0.1, 0.15) is 16.7 Å². The van der Waals surface area contributed by atoms with Crippen LogP contribution in [0.4, 0.5) is 0 Å². The van der Waals surface area contributed by atoms with E-state index in [4.69, 9.17) is 9.47 Å². The molecule has 0 spiro atoms. The van der Waals surface area contributed by atoms with Gasteiger partial charge >= 0.3 is 0 Å². The summed E-state index contributed by atoms with van der Waals surface area (Å²) in [5.74, 6) is 0.357. The second kappa shape index (κ2) is 8.38. The summed E-state index contributed by atoms with van der Waals surface area (Å²) >= 11 is 0. The maximum atomic E-state index is 13.9. The van der Waals surface area contributed by atoms with Gasteiger partial charge in [0.15, 0.2) is 0 Å². The molecular formula is C27H21N5O4. The maximum Gasteiger partial charge on any atom is 0.262 e. The van der Waals surface area contributed by atoms with E-state index in [1.54, 1.807) is 69.3 Å². The van der Waals surface area contributed by atoms with Crippen molar-refractivity contribution in [1.82, 2.24) is 24.8 Å². The lowest BCUT2D eigenvalue weighted by Gasteiger charge is -2.18. The molecule has 4 aromatic heterocycles. The highest BCUT2D eigenvalue weighted by atomic mass is 16.5. The molecule has 6 rings (SSSR count). The van der Waals surface area contributed by atoms with Crippen LogP contribution in [-0.4, -0.2) is 50.9 Å². The van der Waals surface area contributed by atoms with Gasteiger partial charge in [-0.2, -0.15) is 0 Å². The summed E-state index contributed by atoms with van der Waals surface area (Å²) in [6, 6.07) is 12.7. The van der Waals surface area contributed by atoms with Crippen molar-refractivity contribution < 1.29 is 19.1 Å². The SMILES string of the molecule is COc1ccc(CN2C(=O)C(c3c[nH]c4ncccc34)=C(c3c[nH]c4ncccc34)C2=O)c(OC)c1. The molecule has 1 aliphatic heterocycles. The zero-order valence-electron chi connectivity index (χ0n) is 19.5. The summed E-state index contributed by atoms with van der Waals surface area (Å²) < 4.78 is 10.8. The molecule has 36 heavy (non-hydrogen) atoms. The first kappa shape index (κ1) is 21.6. The van der Waals surface area contributed by atoms with Crippen molar-refractivity contribution in [3.05, 3.63) is 83.9 Å². The third-order valence-corrected chi connectivity index (χ3v) is 6.43. The largest absolute Gasteiger partial charge is 0.497 e. The van der Waals surface area contributed by atoms with Crippen LogP contribution in [0.5, 0.6) is 11.5 Å². The van der Waals surface area contributed by atoms with E-state index in [0.29, 0.717) is 50.6 Å². The lowest BCUT2D eigenvalue weighted by atomic mass is 9.96. The van der Waals surface area contributed by atoms with Crippen LogP contribution >= 0.6 is 0 Å². The van der Waals surface area contributed by atoms with E-state index in [0.717, 1.165) is 10.8 Å². The Kier molecular flexibility index (Phi) is 5.03. The Hall–Kier alpha value is -4.92. The molecular weight excluding hydrogens is 458 g/mol. The predicted octanol–water partition coefficient (Wildman–Crippen LogP) is 3.94. The average Bonchev–Trinajstić information content (AvgIpc) is 3.59. The quantitative estimate of drug-likeness (QED) is 0.357. The van der Waals surface area contributed by atoms with Crippen molar-refractivity contribution in [2.75, 3.05) is 14.2 Å². The van der Waals surface area contributed by atoms with Gasteiger partial charge in [0.2, 0.25) is 0 Å². The van der Waals surface area contributed by atoms with E-state index in [1.807, 2.05) is 12.1 Å². The van der Waals surface area contributed by atoms with Gasteiger partial charge in [-0.25, -0.2) is 9.97 Å². The molecule has 0 fully saturated rings. The van der Waals surface area contributed by atoms with Crippen LogP contribution in [0.15, 0.2) is 67.3 Å². The van der Waals surface area contributed by atoms with E-state index < -0.39 is 11.8 Å². The third-order valence-electron chi connectivity index (χ3n) is 6.43. The molecule has 0 radical (unpaired) electrons. The van der Waals surface area contributed by atoms with E-state index >= 15 is 0 Å². The highest BCUT2D eigenvalue weighted by Gasteiger charge is 2.41. The third kappa shape index (κ3) is 3.24. The second-order valence-corrected chi connectivity index (χ2v) is 8.33. The number of imide groups is 1. The molecule has 0 aliphatic carbocycles. The number of methoxy groups -OCH3 is 2. The normalized spacial score (nSPS) is 13.9. The fraction of sp³-hybridized carbons (Fsp3) is 0.111. The molecule has 0 bridgehead atoms. The first-order valence-corrected chi connectivity index (χ1v) is 11.3. The molecule has 1 aliphatic rings. The summed E-state index contributed by atoms with van der Waals surface area (Å²) in [5, 5.41) is 1.51. The number of aromatic amines is 2. The minimum absolute atomic E-state index is 0.0407. The van der Waals surface area contributed by atoms with Crippen LogP contribution < -0.4 is 9.47 Å². The molecule has 0 saturated heterocycles. The Morgan fingerprint density at radius 2 is 1.39 bits per heavy atom. The standard InChI is InChI=1S/C27H21N5O4/c1-35-16-8-7-15(21(11-16)36-2)14-32-26(33)22(19-12-30-24-17(19)5-3-9-28-24)23(27(32)34)20-13-31-25-18(20)6-4-10-29-25/h3-13H,14H2,1-2H3,(H,28,30)(H,29,31). The lowest BCUT2D eigenvalue weighted by Crippen LogP contribution is -2.31. The summed E-state index contributed by atoms with van der Waals surface area (Å²) in [6.07, 6.45) is 6.80. The summed E-state index contributed by atoms with van der Waals surface area (Å²) in [6.45, 7) is 0.0407. The Morgan fingerprint density at radius 1 is 0.806 bits per heavy atom. The number of nitrogens with zero attached hydrogens (tertiary/aromatic N) is 3. The van der Waals surface area contributed by atoms with Crippen LogP contribution in [0.25, 0.3) is 33.2 Å². The fourth-order valence-electron chi connectivity index (χ4n) is 4.70. The highest BCUT2D eigenvalue weighted by Crippen LogP contribution is 2.41.